The van der Waals surface area contributed by atoms with Crippen LogP contribution in [0.5, 0.6) is 0 Å². The number of urea groups is 1. The van der Waals surface area contributed by atoms with Crippen LogP contribution in [0.1, 0.15) is 38.5 Å². The first-order valence-corrected chi connectivity index (χ1v) is 11.3. The van der Waals surface area contributed by atoms with Gasteiger partial charge in [-0.15, -0.1) is 23.2 Å². The molecule has 0 bridgehead atoms. The summed E-state index contributed by atoms with van der Waals surface area (Å²) in [6, 6.07) is -0.192. The zero-order valence-electron chi connectivity index (χ0n) is 14.2. The second kappa shape index (κ2) is 10.9. The number of nitrogens with one attached hydrogen (secondary N) is 3. The molecular formula is C14H27Cl2N4O4P. The van der Waals surface area contributed by atoms with Crippen LogP contribution in [0.3, 0.4) is 0 Å². The minimum atomic E-state index is -3.29. The van der Waals surface area contributed by atoms with E-state index in [1.807, 2.05) is 0 Å². The Balaban J connectivity index is 1.79. The summed E-state index contributed by atoms with van der Waals surface area (Å²) in [4.78, 5) is 17.3. The summed E-state index contributed by atoms with van der Waals surface area (Å²) in [5, 5.41) is 5.73. The van der Waals surface area contributed by atoms with Crippen LogP contribution in [0.4, 0.5) is 4.79 Å². The Morgan fingerprint density at radius 1 is 1.20 bits per heavy atom. The second-order valence-corrected chi connectivity index (χ2v) is 9.00. The highest BCUT2D eigenvalue weighted by Crippen LogP contribution is 2.49. The predicted octanol–water partition coefficient (Wildman–Crippen LogP) is 2.77. The SMILES string of the molecule is O=C(NOC1CCOP(=O)(N(CCCl)CCCl)N1)NC1CCCCC1. The molecule has 0 aromatic heterocycles. The van der Waals surface area contributed by atoms with Crippen molar-refractivity contribution in [1.29, 1.82) is 0 Å². The van der Waals surface area contributed by atoms with Crippen molar-refractivity contribution in [3.8, 4) is 0 Å². The van der Waals surface area contributed by atoms with Gasteiger partial charge in [-0.25, -0.2) is 20.0 Å². The van der Waals surface area contributed by atoms with E-state index in [2.05, 4.69) is 15.9 Å². The fourth-order valence-electron chi connectivity index (χ4n) is 2.97. The molecule has 0 aromatic rings. The maximum Gasteiger partial charge on any atom is 0.345 e. The van der Waals surface area contributed by atoms with Gasteiger partial charge >= 0.3 is 13.7 Å². The minimum absolute atomic E-state index is 0.189. The fourth-order valence-corrected chi connectivity index (χ4v) is 5.64. The third-order valence-electron chi connectivity index (χ3n) is 4.25. The van der Waals surface area contributed by atoms with E-state index >= 15 is 0 Å². The van der Waals surface area contributed by atoms with Crippen molar-refractivity contribution in [3.63, 3.8) is 0 Å². The first-order chi connectivity index (χ1) is 12.1. The molecular weight excluding hydrogens is 390 g/mol. The van der Waals surface area contributed by atoms with Crippen LogP contribution >= 0.6 is 30.9 Å². The molecule has 2 aliphatic rings. The number of nitrogens with zero attached hydrogens (tertiary/aromatic N) is 1. The summed E-state index contributed by atoms with van der Waals surface area (Å²) in [6.45, 7) is 1.00. The predicted molar refractivity (Wildman–Crippen MR) is 97.7 cm³/mol. The van der Waals surface area contributed by atoms with E-state index in [0.29, 0.717) is 31.3 Å². The smallest absolute Gasteiger partial charge is 0.334 e. The normalized spacial score (nSPS) is 28.0. The van der Waals surface area contributed by atoms with Gasteiger partial charge in [-0.1, -0.05) is 19.3 Å². The van der Waals surface area contributed by atoms with Crippen LogP contribution in [0.15, 0.2) is 0 Å². The molecule has 11 heteroatoms. The van der Waals surface area contributed by atoms with Crippen molar-refractivity contribution in [2.75, 3.05) is 31.5 Å². The monoisotopic (exact) mass is 416 g/mol. The number of carbonyl (C=O) groups is 1. The van der Waals surface area contributed by atoms with E-state index in [-0.39, 0.29) is 18.7 Å². The molecule has 0 aromatic carbocycles. The number of hydrogen-bond donors (Lipinski definition) is 3. The molecule has 2 amide bonds. The van der Waals surface area contributed by atoms with Gasteiger partial charge in [-0.3, -0.25) is 9.40 Å². The van der Waals surface area contributed by atoms with Crippen LogP contribution in [-0.4, -0.2) is 54.4 Å². The topological polar surface area (TPSA) is 91.9 Å². The Morgan fingerprint density at radius 2 is 1.88 bits per heavy atom. The van der Waals surface area contributed by atoms with E-state index in [0.717, 1.165) is 25.7 Å². The second-order valence-electron chi connectivity index (χ2n) is 6.12. The van der Waals surface area contributed by atoms with Gasteiger partial charge in [-0.2, -0.15) is 0 Å². The summed E-state index contributed by atoms with van der Waals surface area (Å²) in [7, 11) is -3.29. The van der Waals surface area contributed by atoms with Gasteiger partial charge in [0, 0.05) is 37.3 Å². The number of hydrogen-bond acceptors (Lipinski definition) is 4. The molecule has 1 saturated heterocycles. The summed E-state index contributed by atoms with van der Waals surface area (Å²) in [6.07, 6.45) is 5.32. The lowest BCUT2D eigenvalue weighted by molar-refractivity contribution is -0.0351. The molecule has 1 aliphatic carbocycles. The quantitative estimate of drug-likeness (QED) is 0.320. The van der Waals surface area contributed by atoms with Crippen LogP contribution in [-0.2, 0) is 13.9 Å². The first-order valence-electron chi connectivity index (χ1n) is 8.69. The zero-order valence-corrected chi connectivity index (χ0v) is 16.6. The van der Waals surface area contributed by atoms with Crippen molar-refractivity contribution in [1.82, 2.24) is 20.6 Å². The number of rotatable bonds is 8. The summed E-state index contributed by atoms with van der Waals surface area (Å²) < 4.78 is 20.0. The Morgan fingerprint density at radius 3 is 2.52 bits per heavy atom. The molecule has 2 unspecified atom stereocenters. The highest BCUT2D eigenvalue weighted by Gasteiger charge is 2.38. The Bertz CT molecular complexity index is 462. The van der Waals surface area contributed by atoms with Gasteiger partial charge in [0.15, 0.2) is 0 Å². The summed E-state index contributed by atoms with van der Waals surface area (Å²) in [5.41, 5.74) is 2.38. The van der Waals surface area contributed by atoms with Crippen molar-refractivity contribution in [2.45, 2.75) is 50.8 Å². The standard InChI is InChI=1S/C14H27Cl2N4O4P/c15-7-9-20(10-8-16)25(22)19-13(6-11-23-25)24-18-14(21)17-12-4-2-1-3-5-12/h12-13H,1-11H2,(H,19,22)(H2,17,18,21). The minimum Gasteiger partial charge on any atom is -0.334 e. The third kappa shape index (κ3) is 6.86. The van der Waals surface area contributed by atoms with E-state index in [1.54, 1.807) is 4.67 Å². The van der Waals surface area contributed by atoms with Crippen LogP contribution < -0.4 is 15.9 Å². The van der Waals surface area contributed by atoms with E-state index < -0.39 is 13.9 Å². The van der Waals surface area contributed by atoms with E-state index in [4.69, 9.17) is 32.6 Å². The molecule has 1 aliphatic heterocycles. The maximum atomic E-state index is 13.0. The molecule has 2 rings (SSSR count). The molecule has 146 valence electrons. The molecule has 8 nitrogen and oxygen atoms in total. The lowest BCUT2D eigenvalue weighted by Gasteiger charge is -2.36. The maximum absolute atomic E-state index is 13.0. The van der Waals surface area contributed by atoms with Gasteiger partial charge in [-0.05, 0) is 12.8 Å². The lowest BCUT2D eigenvalue weighted by Crippen LogP contribution is -2.48. The fraction of sp³-hybridized carbons (Fsp3) is 0.929. The first kappa shape index (κ1) is 21.2. The average molecular weight is 417 g/mol. The largest absolute Gasteiger partial charge is 0.345 e. The average Bonchev–Trinajstić information content (AvgIpc) is 2.61. The number of hydroxylamine groups is 1. The molecule has 1 heterocycles. The molecule has 2 atom stereocenters. The van der Waals surface area contributed by atoms with Gasteiger partial charge in [0.1, 0.15) is 6.23 Å². The Hall–Kier alpha value is -0.0800. The lowest BCUT2D eigenvalue weighted by atomic mass is 9.96. The summed E-state index contributed by atoms with van der Waals surface area (Å²) >= 11 is 11.5. The van der Waals surface area contributed by atoms with Gasteiger partial charge in [0.2, 0.25) is 0 Å². The van der Waals surface area contributed by atoms with Crippen LogP contribution in [0.2, 0.25) is 0 Å². The van der Waals surface area contributed by atoms with E-state index in [1.165, 1.54) is 6.42 Å². The van der Waals surface area contributed by atoms with Gasteiger partial charge < -0.3 is 9.84 Å². The number of amides is 2. The summed E-state index contributed by atoms with van der Waals surface area (Å²) in [5.74, 6) is 0.610. The molecule has 3 N–H and O–H groups in total. The molecule has 1 saturated carbocycles. The Labute approximate surface area is 158 Å². The number of alkyl halides is 2. The van der Waals surface area contributed by atoms with E-state index in [9.17, 15) is 9.36 Å². The zero-order chi connectivity index (χ0) is 18.1. The van der Waals surface area contributed by atoms with Gasteiger partial charge in [0.25, 0.3) is 0 Å². The van der Waals surface area contributed by atoms with Crippen molar-refractivity contribution in [3.05, 3.63) is 0 Å². The van der Waals surface area contributed by atoms with Crippen molar-refractivity contribution in [2.24, 2.45) is 0 Å². The molecule has 2 fully saturated rings. The third-order valence-corrected chi connectivity index (χ3v) is 6.87. The van der Waals surface area contributed by atoms with Crippen molar-refractivity contribution >= 4 is 36.9 Å². The van der Waals surface area contributed by atoms with Crippen LogP contribution in [0.25, 0.3) is 0 Å². The number of carbonyl (C=O) groups excluding carboxylic acids is 1. The van der Waals surface area contributed by atoms with Crippen LogP contribution in [0, 0.1) is 0 Å². The molecule has 0 radical (unpaired) electrons. The van der Waals surface area contributed by atoms with Crippen molar-refractivity contribution < 1.29 is 18.7 Å². The highest BCUT2D eigenvalue weighted by molar-refractivity contribution is 7.54. The molecule has 0 spiro atoms. The van der Waals surface area contributed by atoms with Gasteiger partial charge in [0.05, 0.1) is 6.61 Å². The number of halogens is 2. The molecule has 25 heavy (non-hydrogen) atoms. The Kier molecular flexibility index (Phi) is 9.27. The highest BCUT2D eigenvalue weighted by atomic mass is 35.5.